The van der Waals surface area contributed by atoms with Crippen LogP contribution in [0.4, 0.5) is 5.69 Å². The highest BCUT2D eigenvalue weighted by Gasteiger charge is 2.13. The Hall–Kier alpha value is -2.80. The minimum Gasteiger partial charge on any atom is -0.295 e. The molecule has 1 heterocycles. The molecule has 0 fully saturated rings. The van der Waals surface area contributed by atoms with Crippen molar-refractivity contribution in [2.75, 3.05) is 4.72 Å². The standard InChI is InChI=1S/C16H15N3O3S/c1-12-11-16(20)19(17-12)14-9-7-13(8-10-14)18-23(21,22)15-5-3-2-4-6-15/h2-11,17-18H,1H3. The molecule has 0 atom stereocenters. The van der Waals surface area contributed by atoms with Gasteiger partial charge in [0.1, 0.15) is 0 Å². The molecule has 0 amide bonds. The Labute approximate surface area is 133 Å². The Morgan fingerprint density at radius 2 is 1.65 bits per heavy atom. The van der Waals surface area contributed by atoms with Crippen LogP contribution in [0.2, 0.25) is 0 Å². The van der Waals surface area contributed by atoms with E-state index in [0.29, 0.717) is 11.4 Å². The van der Waals surface area contributed by atoms with Crippen molar-refractivity contribution in [2.45, 2.75) is 11.8 Å². The molecule has 2 aromatic carbocycles. The number of hydrogen-bond donors (Lipinski definition) is 2. The predicted molar refractivity (Wildman–Crippen MR) is 88.4 cm³/mol. The number of nitrogens with zero attached hydrogens (tertiary/aromatic N) is 1. The Balaban J connectivity index is 1.86. The lowest BCUT2D eigenvalue weighted by Crippen LogP contribution is -2.14. The molecule has 0 unspecified atom stereocenters. The monoisotopic (exact) mass is 329 g/mol. The smallest absolute Gasteiger partial charge is 0.271 e. The number of aromatic amines is 1. The number of H-pyrrole nitrogens is 1. The van der Waals surface area contributed by atoms with E-state index in [2.05, 4.69) is 9.82 Å². The van der Waals surface area contributed by atoms with Crippen molar-refractivity contribution in [1.82, 2.24) is 9.78 Å². The molecule has 3 rings (SSSR count). The van der Waals surface area contributed by atoms with Gasteiger partial charge >= 0.3 is 0 Å². The van der Waals surface area contributed by atoms with Crippen molar-refractivity contribution in [3.8, 4) is 5.69 Å². The summed E-state index contributed by atoms with van der Waals surface area (Å²) in [7, 11) is -3.62. The summed E-state index contributed by atoms with van der Waals surface area (Å²) in [5, 5.41) is 2.92. The first kappa shape index (κ1) is 15.1. The summed E-state index contributed by atoms with van der Waals surface area (Å²) in [5.74, 6) is 0. The van der Waals surface area contributed by atoms with Crippen LogP contribution in [0.5, 0.6) is 0 Å². The van der Waals surface area contributed by atoms with Crippen molar-refractivity contribution >= 4 is 15.7 Å². The van der Waals surface area contributed by atoms with Crippen molar-refractivity contribution in [3.05, 3.63) is 76.7 Å². The number of nitrogens with one attached hydrogen (secondary N) is 2. The third kappa shape index (κ3) is 3.19. The van der Waals surface area contributed by atoms with Crippen LogP contribution in [0, 0.1) is 6.92 Å². The first-order valence-corrected chi connectivity index (χ1v) is 8.41. The van der Waals surface area contributed by atoms with E-state index in [1.165, 1.54) is 22.9 Å². The van der Waals surface area contributed by atoms with Gasteiger partial charge in [-0.05, 0) is 43.3 Å². The van der Waals surface area contributed by atoms with E-state index in [-0.39, 0.29) is 10.5 Å². The van der Waals surface area contributed by atoms with Gasteiger partial charge in [0, 0.05) is 17.4 Å². The van der Waals surface area contributed by atoms with Crippen LogP contribution < -0.4 is 10.3 Å². The molecular formula is C16H15N3O3S. The summed E-state index contributed by atoms with van der Waals surface area (Å²) >= 11 is 0. The summed E-state index contributed by atoms with van der Waals surface area (Å²) in [6.07, 6.45) is 0. The van der Waals surface area contributed by atoms with E-state index in [4.69, 9.17) is 0 Å². The molecule has 0 aliphatic heterocycles. The van der Waals surface area contributed by atoms with E-state index < -0.39 is 10.0 Å². The van der Waals surface area contributed by atoms with E-state index >= 15 is 0 Å². The van der Waals surface area contributed by atoms with Gasteiger partial charge < -0.3 is 0 Å². The zero-order chi connectivity index (χ0) is 16.4. The average Bonchev–Trinajstić information content (AvgIpc) is 2.87. The number of anilines is 1. The molecule has 23 heavy (non-hydrogen) atoms. The average molecular weight is 329 g/mol. The third-order valence-corrected chi connectivity index (χ3v) is 4.68. The van der Waals surface area contributed by atoms with Crippen LogP contribution in [-0.4, -0.2) is 18.2 Å². The van der Waals surface area contributed by atoms with Gasteiger partial charge in [0.2, 0.25) is 0 Å². The largest absolute Gasteiger partial charge is 0.295 e. The molecule has 1 aromatic heterocycles. The van der Waals surface area contributed by atoms with Crippen LogP contribution in [0.25, 0.3) is 5.69 Å². The quantitative estimate of drug-likeness (QED) is 0.770. The lowest BCUT2D eigenvalue weighted by atomic mass is 10.3. The van der Waals surface area contributed by atoms with Crippen molar-refractivity contribution in [1.29, 1.82) is 0 Å². The maximum Gasteiger partial charge on any atom is 0.271 e. The third-order valence-electron chi connectivity index (χ3n) is 3.28. The minimum absolute atomic E-state index is 0.167. The fraction of sp³-hybridized carbons (Fsp3) is 0.0625. The van der Waals surface area contributed by atoms with Crippen molar-refractivity contribution in [2.24, 2.45) is 0 Å². The fourth-order valence-electron chi connectivity index (χ4n) is 2.20. The Morgan fingerprint density at radius 1 is 1.00 bits per heavy atom. The summed E-state index contributed by atoms with van der Waals surface area (Å²) in [4.78, 5) is 12.0. The van der Waals surface area contributed by atoms with Crippen LogP contribution in [0.3, 0.4) is 0 Å². The lowest BCUT2D eigenvalue weighted by molar-refractivity contribution is 0.601. The lowest BCUT2D eigenvalue weighted by Gasteiger charge is -2.09. The van der Waals surface area contributed by atoms with E-state index in [9.17, 15) is 13.2 Å². The second kappa shape index (κ2) is 5.77. The molecule has 3 aromatic rings. The van der Waals surface area contributed by atoms with Gasteiger partial charge in [-0.2, -0.15) is 0 Å². The van der Waals surface area contributed by atoms with Gasteiger partial charge in [0.05, 0.1) is 10.6 Å². The molecule has 7 heteroatoms. The highest BCUT2D eigenvalue weighted by atomic mass is 32.2. The molecule has 2 N–H and O–H groups in total. The first-order chi connectivity index (χ1) is 11.0. The number of benzene rings is 2. The van der Waals surface area contributed by atoms with E-state index in [1.54, 1.807) is 49.4 Å². The van der Waals surface area contributed by atoms with Crippen LogP contribution in [0.1, 0.15) is 5.69 Å². The number of sulfonamides is 1. The minimum atomic E-state index is -3.62. The summed E-state index contributed by atoms with van der Waals surface area (Å²) in [6, 6.07) is 16.2. The fourth-order valence-corrected chi connectivity index (χ4v) is 3.28. The van der Waals surface area contributed by atoms with Gasteiger partial charge in [-0.3, -0.25) is 14.6 Å². The normalized spacial score (nSPS) is 11.3. The topological polar surface area (TPSA) is 84.0 Å². The Bertz CT molecular complexity index is 971. The SMILES string of the molecule is Cc1cc(=O)n(-c2ccc(NS(=O)(=O)c3ccccc3)cc2)[nH]1. The Kier molecular flexibility index (Phi) is 3.79. The first-order valence-electron chi connectivity index (χ1n) is 6.93. The molecule has 0 saturated carbocycles. The molecule has 0 radical (unpaired) electrons. The van der Waals surface area contributed by atoms with Gasteiger partial charge in [-0.15, -0.1) is 0 Å². The van der Waals surface area contributed by atoms with Crippen LogP contribution in [0.15, 0.2) is 70.4 Å². The molecule has 118 valence electrons. The number of hydrogen-bond acceptors (Lipinski definition) is 3. The number of rotatable bonds is 4. The van der Waals surface area contributed by atoms with E-state index in [0.717, 1.165) is 5.69 Å². The van der Waals surface area contributed by atoms with Crippen LogP contribution in [-0.2, 0) is 10.0 Å². The molecular weight excluding hydrogens is 314 g/mol. The number of aromatic nitrogens is 2. The van der Waals surface area contributed by atoms with Gasteiger partial charge in [-0.25, -0.2) is 13.1 Å². The van der Waals surface area contributed by atoms with E-state index in [1.807, 2.05) is 0 Å². The summed E-state index contributed by atoms with van der Waals surface area (Å²) < 4.78 is 28.4. The van der Waals surface area contributed by atoms with Crippen LogP contribution >= 0.6 is 0 Å². The molecule has 0 aliphatic rings. The second-order valence-corrected chi connectivity index (χ2v) is 6.76. The zero-order valence-corrected chi connectivity index (χ0v) is 13.2. The van der Waals surface area contributed by atoms with Crippen molar-refractivity contribution < 1.29 is 8.42 Å². The highest BCUT2D eigenvalue weighted by Crippen LogP contribution is 2.17. The molecule has 0 spiro atoms. The molecule has 6 nitrogen and oxygen atoms in total. The zero-order valence-electron chi connectivity index (χ0n) is 12.4. The summed E-state index contributed by atoms with van der Waals surface area (Å²) in [5.41, 5.74) is 1.64. The molecule has 0 saturated heterocycles. The highest BCUT2D eigenvalue weighted by molar-refractivity contribution is 7.92. The van der Waals surface area contributed by atoms with Gasteiger partial charge in [0.25, 0.3) is 15.6 Å². The maximum absolute atomic E-state index is 12.2. The second-order valence-electron chi connectivity index (χ2n) is 5.08. The predicted octanol–water partition coefficient (Wildman–Crippen LogP) is 2.27. The maximum atomic E-state index is 12.2. The summed E-state index contributed by atoms with van der Waals surface area (Å²) in [6.45, 7) is 1.79. The molecule has 0 bridgehead atoms. The van der Waals surface area contributed by atoms with Gasteiger partial charge in [0.15, 0.2) is 0 Å². The Morgan fingerprint density at radius 3 is 2.22 bits per heavy atom. The molecule has 0 aliphatic carbocycles. The van der Waals surface area contributed by atoms with Crippen molar-refractivity contribution in [3.63, 3.8) is 0 Å². The number of aryl methyl sites for hydroxylation is 1. The van der Waals surface area contributed by atoms with Gasteiger partial charge in [-0.1, -0.05) is 18.2 Å².